The summed E-state index contributed by atoms with van der Waals surface area (Å²) in [6.07, 6.45) is 6.75. The molecule has 2 N–H and O–H groups in total. The van der Waals surface area contributed by atoms with Crippen LogP contribution < -0.4 is 15.5 Å². The van der Waals surface area contributed by atoms with Crippen molar-refractivity contribution in [1.29, 1.82) is 0 Å². The lowest BCUT2D eigenvalue weighted by Crippen LogP contribution is -2.17. The van der Waals surface area contributed by atoms with Crippen molar-refractivity contribution in [3.8, 4) is 29.4 Å². The van der Waals surface area contributed by atoms with Gasteiger partial charge in [-0.05, 0) is 48.9 Å². The van der Waals surface area contributed by atoms with Crippen molar-refractivity contribution in [3.63, 3.8) is 0 Å². The van der Waals surface area contributed by atoms with E-state index < -0.39 is 0 Å². The normalized spacial score (nSPS) is 10.6. The third kappa shape index (κ3) is 6.09. The van der Waals surface area contributed by atoms with Crippen LogP contribution in [0.15, 0.2) is 83.3 Å². The summed E-state index contributed by atoms with van der Waals surface area (Å²) in [5.41, 5.74) is 7.79. The Kier molecular flexibility index (Phi) is 7.33. The minimum atomic E-state index is -0.303. The minimum absolute atomic E-state index is 0.193. The molecule has 4 rings (SSSR count). The Bertz CT molecular complexity index is 1340. The van der Waals surface area contributed by atoms with Gasteiger partial charge in [-0.25, -0.2) is 10.4 Å². The van der Waals surface area contributed by atoms with Gasteiger partial charge in [0.1, 0.15) is 12.4 Å². The summed E-state index contributed by atoms with van der Waals surface area (Å²) >= 11 is 1.53. The first kappa shape index (κ1) is 22.8. The van der Waals surface area contributed by atoms with Crippen LogP contribution in [-0.2, 0) is 0 Å². The van der Waals surface area contributed by atoms with Gasteiger partial charge in [-0.1, -0.05) is 47.9 Å². The number of thiazole rings is 1. The first-order chi connectivity index (χ1) is 16.6. The van der Waals surface area contributed by atoms with Crippen LogP contribution in [0, 0.1) is 19.3 Å². The monoisotopic (exact) mass is 466 g/mol. The molecule has 1 aromatic heterocycles. The average Bonchev–Trinajstić information content (AvgIpc) is 3.33. The summed E-state index contributed by atoms with van der Waals surface area (Å²) in [6, 6.07) is 22.7. The van der Waals surface area contributed by atoms with Crippen molar-refractivity contribution < 1.29 is 9.53 Å². The number of carbonyl (C=O) groups excluding carboxylic acids is 1. The van der Waals surface area contributed by atoms with Crippen LogP contribution in [-0.4, -0.2) is 23.7 Å². The predicted molar refractivity (Wildman–Crippen MR) is 138 cm³/mol. The number of nitrogens with zero attached hydrogens (tertiary/aromatic N) is 2. The van der Waals surface area contributed by atoms with E-state index in [1.165, 1.54) is 16.9 Å². The van der Waals surface area contributed by atoms with Crippen LogP contribution in [0.3, 0.4) is 0 Å². The largest absolute Gasteiger partial charge is 0.481 e. The third-order valence-corrected chi connectivity index (χ3v) is 5.57. The lowest BCUT2D eigenvalue weighted by Gasteiger charge is -2.04. The second-order valence-electron chi connectivity index (χ2n) is 7.37. The molecule has 0 fully saturated rings. The third-order valence-electron chi connectivity index (χ3n) is 4.81. The smallest absolute Gasteiger partial charge is 0.271 e. The molecule has 0 bridgehead atoms. The molecule has 6 nitrogen and oxygen atoms in total. The molecule has 1 heterocycles. The van der Waals surface area contributed by atoms with Crippen molar-refractivity contribution >= 4 is 34.3 Å². The second-order valence-corrected chi connectivity index (χ2v) is 8.23. The van der Waals surface area contributed by atoms with Gasteiger partial charge in [-0.15, -0.1) is 17.8 Å². The highest BCUT2D eigenvalue weighted by atomic mass is 32.1. The maximum absolute atomic E-state index is 12.4. The van der Waals surface area contributed by atoms with Crippen molar-refractivity contribution in [2.24, 2.45) is 5.10 Å². The van der Waals surface area contributed by atoms with E-state index in [-0.39, 0.29) is 12.5 Å². The minimum Gasteiger partial charge on any atom is -0.481 e. The van der Waals surface area contributed by atoms with E-state index in [0.717, 1.165) is 27.6 Å². The van der Waals surface area contributed by atoms with E-state index in [4.69, 9.17) is 11.2 Å². The highest BCUT2D eigenvalue weighted by Crippen LogP contribution is 2.27. The summed E-state index contributed by atoms with van der Waals surface area (Å²) in [6.45, 7) is 2.25. The van der Waals surface area contributed by atoms with E-state index in [1.807, 2.05) is 41.8 Å². The Morgan fingerprint density at radius 1 is 1.15 bits per heavy atom. The molecule has 0 aliphatic heterocycles. The number of rotatable bonds is 8. The summed E-state index contributed by atoms with van der Waals surface area (Å²) in [4.78, 5) is 17.1. The van der Waals surface area contributed by atoms with Gasteiger partial charge >= 0.3 is 0 Å². The fourth-order valence-corrected chi connectivity index (χ4v) is 3.80. The maximum atomic E-state index is 12.4. The van der Waals surface area contributed by atoms with E-state index in [0.29, 0.717) is 11.3 Å². The van der Waals surface area contributed by atoms with Gasteiger partial charge in [0, 0.05) is 22.2 Å². The number of benzene rings is 3. The van der Waals surface area contributed by atoms with Gasteiger partial charge < -0.3 is 10.1 Å². The molecule has 1 amide bonds. The Morgan fingerprint density at radius 3 is 2.71 bits per heavy atom. The first-order valence-corrected chi connectivity index (χ1v) is 11.4. The lowest BCUT2D eigenvalue weighted by atomic mass is 10.1. The van der Waals surface area contributed by atoms with Crippen LogP contribution in [0.25, 0.3) is 11.3 Å². The quantitative estimate of drug-likeness (QED) is 0.200. The molecule has 0 unspecified atom stereocenters. The molecule has 168 valence electrons. The zero-order chi connectivity index (χ0) is 23.8. The van der Waals surface area contributed by atoms with E-state index in [2.05, 4.69) is 45.8 Å². The Balaban J connectivity index is 1.35. The van der Waals surface area contributed by atoms with Gasteiger partial charge in [0.2, 0.25) is 0 Å². The summed E-state index contributed by atoms with van der Waals surface area (Å²) in [5, 5.41) is 10.1. The molecule has 34 heavy (non-hydrogen) atoms. The Hall–Kier alpha value is -4.41. The number of hydrogen-bond donors (Lipinski definition) is 2. The summed E-state index contributed by atoms with van der Waals surface area (Å²) < 4.78 is 5.38. The molecule has 3 aromatic carbocycles. The summed E-state index contributed by atoms with van der Waals surface area (Å²) in [5.74, 6) is 2.76. The van der Waals surface area contributed by atoms with Crippen molar-refractivity contribution in [3.05, 3.63) is 94.9 Å². The fourth-order valence-electron chi connectivity index (χ4n) is 3.06. The maximum Gasteiger partial charge on any atom is 0.271 e. The van der Waals surface area contributed by atoms with Crippen LogP contribution in [0.5, 0.6) is 5.75 Å². The first-order valence-electron chi connectivity index (χ1n) is 10.5. The molecule has 0 saturated heterocycles. The average molecular weight is 467 g/mol. The SMILES string of the molecule is C#CCOc1cccc(/C=N\NC(=O)c2ccc(-c3csc(Nc4ccc(C)cc4)n3)cc2)c1. The Labute approximate surface area is 202 Å². The second kappa shape index (κ2) is 10.9. The van der Waals surface area contributed by atoms with Gasteiger partial charge in [-0.2, -0.15) is 5.10 Å². The van der Waals surface area contributed by atoms with Crippen LogP contribution >= 0.6 is 11.3 Å². The number of amides is 1. The zero-order valence-corrected chi connectivity index (χ0v) is 19.3. The highest BCUT2D eigenvalue weighted by molar-refractivity contribution is 7.14. The molecular formula is C27H22N4O2S. The highest BCUT2D eigenvalue weighted by Gasteiger charge is 2.08. The van der Waals surface area contributed by atoms with Crippen molar-refractivity contribution in [1.82, 2.24) is 10.4 Å². The number of nitrogens with one attached hydrogen (secondary N) is 2. The van der Waals surface area contributed by atoms with Gasteiger partial charge in [-0.3, -0.25) is 4.79 Å². The number of carbonyl (C=O) groups is 1. The molecule has 0 saturated carbocycles. The molecule has 0 radical (unpaired) electrons. The molecular weight excluding hydrogens is 444 g/mol. The number of hydrogen-bond acceptors (Lipinski definition) is 6. The fraction of sp³-hybridized carbons (Fsp3) is 0.0741. The molecule has 0 aliphatic rings. The van der Waals surface area contributed by atoms with Crippen molar-refractivity contribution in [2.75, 3.05) is 11.9 Å². The lowest BCUT2D eigenvalue weighted by molar-refractivity contribution is 0.0955. The number of anilines is 2. The summed E-state index contributed by atoms with van der Waals surface area (Å²) in [7, 11) is 0. The van der Waals surface area contributed by atoms with Crippen LogP contribution in [0.2, 0.25) is 0 Å². The van der Waals surface area contributed by atoms with E-state index in [1.54, 1.807) is 30.5 Å². The van der Waals surface area contributed by atoms with Crippen LogP contribution in [0.1, 0.15) is 21.5 Å². The molecule has 0 atom stereocenters. The molecule has 7 heteroatoms. The number of terminal acetylenes is 1. The molecule has 0 spiro atoms. The van der Waals surface area contributed by atoms with Gasteiger partial charge in [0.25, 0.3) is 5.91 Å². The number of ether oxygens (including phenoxy) is 1. The van der Waals surface area contributed by atoms with Crippen molar-refractivity contribution in [2.45, 2.75) is 6.92 Å². The standard InChI is InChI=1S/C27H22N4O2S/c1-3-15-33-24-6-4-5-20(16-24)17-28-31-26(32)22-11-9-21(10-12-22)25-18-34-27(30-25)29-23-13-7-19(2)8-14-23/h1,4-14,16-18H,15H2,2H3,(H,29,30)(H,31,32)/b28-17-. The van der Waals surface area contributed by atoms with E-state index >= 15 is 0 Å². The Morgan fingerprint density at radius 2 is 1.94 bits per heavy atom. The van der Waals surface area contributed by atoms with Gasteiger partial charge in [0.05, 0.1) is 11.9 Å². The van der Waals surface area contributed by atoms with Gasteiger partial charge in [0.15, 0.2) is 5.13 Å². The van der Waals surface area contributed by atoms with E-state index in [9.17, 15) is 4.79 Å². The zero-order valence-electron chi connectivity index (χ0n) is 18.5. The van der Waals surface area contributed by atoms with Crippen LogP contribution in [0.4, 0.5) is 10.8 Å². The molecule has 4 aromatic rings. The number of hydrazone groups is 1. The molecule has 0 aliphatic carbocycles. The number of aromatic nitrogens is 1. The topological polar surface area (TPSA) is 75.6 Å². The number of aryl methyl sites for hydroxylation is 1. The predicted octanol–water partition coefficient (Wildman–Crippen LogP) is 5.64.